The Morgan fingerprint density at radius 2 is 1.81 bits per heavy atom. The number of ether oxygens (including phenoxy) is 1. The number of anilines is 4. The molecule has 0 spiro atoms. The molecule has 1 fully saturated rings. The zero-order chi connectivity index (χ0) is 34.7. The third-order valence-electron chi connectivity index (χ3n) is 9.05. The third-order valence-corrected chi connectivity index (χ3v) is 9.86. The molecular formula is C36H43Cl2N7O3. The number of hydrogen-bond acceptors (Lipinski definition) is 8. The zero-order valence-electron chi connectivity index (χ0n) is 28.1. The van der Waals surface area contributed by atoms with Gasteiger partial charge in [-0.2, -0.15) is 0 Å². The highest BCUT2D eigenvalue weighted by Crippen LogP contribution is 2.44. The molecule has 2 amide bonds. The van der Waals surface area contributed by atoms with Gasteiger partial charge in [-0.1, -0.05) is 68.2 Å². The van der Waals surface area contributed by atoms with Crippen LogP contribution >= 0.6 is 23.2 Å². The molecular weight excluding hydrogens is 649 g/mol. The lowest BCUT2D eigenvalue weighted by Gasteiger charge is -2.40. The molecule has 0 saturated carbocycles. The van der Waals surface area contributed by atoms with Crippen molar-refractivity contribution in [1.82, 2.24) is 20.2 Å². The summed E-state index contributed by atoms with van der Waals surface area (Å²) < 4.78 is 5.72. The minimum atomic E-state index is -0.669. The maximum absolute atomic E-state index is 14.1. The van der Waals surface area contributed by atoms with Gasteiger partial charge in [0.15, 0.2) is 0 Å². The van der Waals surface area contributed by atoms with E-state index < -0.39 is 23.4 Å². The summed E-state index contributed by atoms with van der Waals surface area (Å²) in [7, 11) is 3.36. The lowest BCUT2D eigenvalue weighted by molar-refractivity contribution is -0.144. The molecule has 0 aliphatic carbocycles. The second kappa shape index (κ2) is 14.7. The predicted molar refractivity (Wildman–Crippen MR) is 194 cm³/mol. The summed E-state index contributed by atoms with van der Waals surface area (Å²) in [4.78, 5) is 41.0. The van der Waals surface area contributed by atoms with Gasteiger partial charge in [0.25, 0.3) is 0 Å². The van der Waals surface area contributed by atoms with Crippen LogP contribution in [-0.2, 0) is 9.59 Å². The lowest BCUT2D eigenvalue weighted by Crippen LogP contribution is -2.57. The van der Waals surface area contributed by atoms with Gasteiger partial charge in [0.05, 0.1) is 40.0 Å². The monoisotopic (exact) mass is 691 g/mol. The van der Waals surface area contributed by atoms with Gasteiger partial charge >= 0.3 is 0 Å². The number of halogens is 2. The molecule has 5 rings (SSSR count). The van der Waals surface area contributed by atoms with E-state index in [2.05, 4.69) is 20.6 Å². The Kier molecular flexibility index (Phi) is 10.8. The molecule has 0 radical (unpaired) electrons. The van der Waals surface area contributed by atoms with Gasteiger partial charge in [-0.15, -0.1) is 0 Å². The highest BCUT2D eigenvalue weighted by atomic mass is 35.5. The molecule has 1 aliphatic rings. The largest absolute Gasteiger partial charge is 0.494 e. The molecule has 4 aromatic rings. The number of benzene rings is 3. The van der Waals surface area contributed by atoms with Gasteiger partial charge in [-0.05, 0) is 62.6 Å². The highest BCUT2D eigenvalue weighted by molar-refractivity contribution is 6.44. The van der Waals surface area contributed by atoms with Crippen molar-refractivity contribution >= 4 is 68.8 Å². The summed E-state index contributed by atoms with van der Waals surface area (Å²) >= 11 is 13.2. The van der Waals surface area contributed by atoms with E-state index in [0.717, 1.165) is 5.69 Å². The molecule has 0 bridgehead atoms. The summed E-state index contributed by atoms with van der Waals surface area (Å²) in [6, 6.07) is 17.4. The number of para-hydroxylation sites is 1. The van der Waals surface area contributed by atoms with E-state index in [1.165, 1.54) is 13.4 Å². The molecule has 1 aliphatic heterocycles. The van der Waals surface area contributed by atoms with Crippen molar-refractivity contribution < 1.29 is 14.3 Å². The number of nitrogens with zero attached hydrogens (tertiary/aromatic N) is 4. The first kappa shape index (κ1) is 35.3. The van der Waals surface area contributed by atoms with Crippen molar-refractivity contribution in [2.45, 2.75) is 58.7 Å². The zero-order valence-corrected chi connectivity index (χ0v) is 29.6. The minimum Gasteiger partial charge on any atom is -0.494 e. The van der Waals surface area contributed by atoms with Crippen LogP contribution < -0.4 is 26.0 Å². The first-order valence-corrected chi connectivity index (χ1v) is 16.8. The van der Waals surface area contributed by atoms with Crippen molar-refractivity contribution in [3.63, 3.8) is 0 Å². The number of amides is 2. The molecule has 10 nitrogen and oxygen atoms in total. The van der Waals surface area contributed by atoms with E-state index in [1.54, 1.807) is 23.1 Å². The van der Waals surface area contributed by atoms with Crippen LogP contribution in [0.5, 0.6) is 5.75 Å². The number of nitrogens with two attached hydrogens (primary N) is 1. The molecule has 1 aromatic heterocycles. The number of carbonyl (C=O) groups excluding carboxylic acids is 2. The molecule has 3 aromatic carbocycles. The molecule has 2 heterocycles. The van der Waals surface area contributed by atoms with Crippen LogP contribution in [0.15, 0.2) is 67.0 Å². The third kappa shape index (κ3) is 7.08. The van der Waals surface area contributed by atoms with Gasteiger partial charge < -0.3 is 26.0 Å². The SMILES string of the molecule is CN[C@@H](C)C(N)[C@@H](C(=O)N1CCC[C@H]1C(=O)Nc1cc2c(N(c3ccccc3)c3cccc(Cl)c3Cl)ncnc2cc1OC)C(C)(C)C. The predicted octanol–water partition coefficient (Wildman–Crippen LogP) is 6.94. The second-order valence-electron chi connectivity index (χ2n) is 13.2. The Bertz CT molecular complexity index is 1780. The fourth-order valence-electron chi connectivity index (χ4n) is 6.42. The van der Waals surface area contributed by atoms with E-state index in [1.807, 2.05) is 82.1 Å². The van der Waals surface area contributed by atoms with Crippen molar-refractivity contribution in [1.29, 1.82) is 0 Å². The van der Waals surface area contributed by atoms with Crippen LogP contribution in [-0.4, -0.2) is 65.5 Å². The number of aromatic nitrogens is 2. The van der Waals surface area contributed by atoms with Crippen LogP contribution in [0.4, 0.5) is 22.9 Å². The smallest absolute Gasteiger partial charge is 0.247 e. The van der Waals surface area contributed by atoms with Gasteiger partial charge in [0.1, 0.15) is 23.9 Å². The van der Waals surface area contributed by atoms with Gasteiger partial charge in [0.2, 0.25) is 11.8 Å². The minimum absolute atomic E-state index is 0.0939. The van der Waals surface area contributed by atoms with Gasteiger partial charge in [-0.25, -0.2) is 9.97 Å². The molecule has 1 unspecified atom stereocenters. The summed E-state index contributed by atoms with van der Waals surface area (Å²) in [6.07, 6.45) is 2.71. The topological polar surface area (TPSA) is 126 Å². The maximum atomic E-state index is 14.1. The standard InChI is InChI=1S/C36H43Cl2N7O3/c1-21(40-5)32(39)30(36(2,3)4)35(47)44-17-11-16-28(44)34(46)43-26-18-23-25(19-29(26)48-6)41-20-42-33(23)45(22-12-8-7-9-13-22)27-15-10-14-24(37)31(27)38/h7-10,12-15,18-21,28,30,32,40H,11,16-17,39H2,1-6H3,(H,43,46)/t21-,28-,30-,32?/m0/s1. The van der Waals surface area contributed by atoms with E-state index in [4.69, 9.17) is 33.7 Å². The number of hydrogen-bond donors (Lipinski definition) is 3. The molecule has 4 N–H and O–H groups in total. The van der Waals surface area contributed by atoms with Crippen LogP contribution in [0, 0.1) is 11.3 Å². The highest BCUT2D eigenvalue weighted by Gasteiger charge is 2.44. The van der Waals surface area contributed by atoms with Gasteiger partial charge in [-0.3, -0.25) is 14.5 Å². The first-order chi connectivity index (χ1) is 22.9. The Labute approximate surface area is 292 Å². The van der Waals surface area contributed by atoms with Crippen LogP contribution in [0.3, 0.4) is 0 Å². The van der Waals surface area contributed by atoms with E-state index in [-0.39, 0.29) is 17.9 Å². The number of fused-ring (bicyclic) bond motifs is 1. The lowest BCUT2D eigenvalue weighted by atomic mass is 9.73. The Hall–Kier alpha value is -3.96. The van der Waals surface area contributed by atoms with E-state index in [9.17, 15) is 9.59 Å². The average Bonchev–Trinajstić information content (AvgIpc) is 3.57. The van der Waals surface area contributed by atoms with Crippen LogP contribution in [0.2, 0.25) is 10.0 Å². The maximum Gasteiger partial charge on any atom is 0.247 e. The van der Waals surface area contributed by atoms with Crippen molar-refractivity contribution in [3.8, 4) is 5.75 Å². The normalized spacial score (nSPS) is 16.8. The Morgan fingerprint density at radius 3 is 2.48 bits per heavy atom. The molecule has 48 heavy (non-hydrogen) atoms. The number of carbonyl (C=O) groups is 2. The van der Waals surface area contributed by atoms with Crippen molar-refractivity contribution in [2.24, 2.45) is 17.1 Å². The second-order valence-corrected chi connectivity index (χ2v) is 14.0. The van der Waals surface area contributed by atoms with Crippen LogP contribution in [0.1, 0.15) is 40.5 Å². The van der Waals surface area contributed by atoms with E-state index in [0.29, 0.717) is 63.3 Å². The Morgan fingerprint density at radius 1 is 1.08 bits per heavy atom. The summed E-state index contributed by atoms with van der Waals surface area (Å²) in [5.74, 6) is 0.0173. The van der Waals surface area contributed by atoms with E-state index >= 15 is 0 Å². The molecule has 1 saturated heterocycles. The molecule has 254 valence electrons. The fraction of sp³-hybridized carbons (Fsp3) is 0.389. The number of likely N-dealkylation sites (tertiary alicyclic amines) is 1. The summed E-state index contributed by atoms with van der Waals surface area (Å²) in [6.45, 7) is 8.48. The fourth-order valence-corrected chi connectivity index (χ4v) is 6.80. The quantitative estimate of drug-likeness (QED) is 0.163. The number of methoxy groups -OCH3 is 1. The van der Waals surface area contributed by atoms with Crippen molar-refractivity contribution in [3.05, 3.63) is 77.0 Å². The van der Waals surface area contributed by atoms with Crippen molar-refractivity contribution in [2.75, 3.05) is 30.9 Å². The first-order valence-electron chi connectivity index (χ1n) is 16.0. The number of rotatable bonds is 10. The van der Waals surface area contributed by atoms with Gasteiger partial charge in [0, 0.05) is 35.8 Å². The summed E-state index contributed by atoms with van der Waals surface area (Å²) in [5.41, 5.74) is 8.65. The number of nitrogens with one attached hydrogen (secondary N) is 2. The molecule has 12 heteroatoms. The summed E-state index contributed by atoms with van der Waals surface area (Å²) in [5, 5.41) is 7.63. The number of likely N-dealkylation sites (N-methyl/N-ethyl adjacent to an activating group) is 1. The molecule has 4 atom stereocenters. The van der Waals surface area contributed by atoms with Crippen LogP contribution in [0.25, 0.3) is 10.9 Å². The Balaban J connectivity index is 1.54. The average molecular weight is 693 g/mol.